The number of rotatable bonds is 3. The second kappa shape index (κ2) is 6.98. The van der Waals surface area contributed by atoms with Gasteiger partial charge in [-0.05, 0) is 62.1 Å². The largest absolute Gasteiger partial charge is 0.488 e. The Hall–Kier alpha value is -3.14. The van der Waals surface area contributed by atoms with Crippen LogP contribution in [0.25, 0.3) is 33.4 Å². The number of hydrogen-bond acceptors (Lipinski definition) is 2. The summed E-state index contributed by atoms with van der Waals surface area (Å²) in [5.74, 6) is 0. The normalized spacial score (nSPS) is 13.6. The van der Waals surface area contributed by atoms with Crippen molar-refractivity contribution in [2.24, 2.45) is 0 Å². The first kappa shape index (κ1) is 18.9. The topological polar surface area (TPSA) is 40.5 Å². The molecule has 0 heterocycles. The van der Waals surface area contributed by atoms with Gasteiger partial charge in [0, 0.05) is 5.41 Å². The van der Waals surface area contributed by atoms with E-state index >= 15 is 0 Å². The molecule has 0 saturated heterocycles. The van der Waals surface area contributed by atoms with E-state index in [9.17, 15) is 10.0 Å². The van der Waals surface area contributed by atoms with Crippen molar-refractivity contribution in [1.82, 2.24) is 0 Å². The van der Waals surface area contributed by atoms with Crippen LogP contribution in [-0.4, -0.2) is 17.2 Å². The summed E-state index contributed by atoms with van der Waals surface area (Å²) in [7, 11) is -1.46. The Morgan fingerprint density at radius 1 is 0.567 bits per heavy atom. The minimum atomic E-state index is -1.46. The standard InChI is InChI=1S/C27H23BO2/c1-27(2)25-12-4-3-11-23(25)24-17-21(13-14-26(24)27)19-8-5-7-18(15-19)20-9-6-10-22(16-20)28(29)30/h3-17,29-30H,1-2H3. The van der Waals surface area contributed by atoms with E-state index in [-0.39, 0.29) is 5.41 Å². The third-order valence-corrected chi connectivity index (χ3v) is 6.30. The lowest BCUT2D eigenvalue weighted by Gasteiger charge is -2.21. The van der Waals surface area contributed by atoms with Crippen LogP contribution in [0, 0.1) is 0 Å². The van der Waals surface area contributed by atoms with Gasteiger partial charge in [-0.1, -0.05) is 92.7 Å². The Morgan fingerprint density at radius 2 is 1.17 bits per heavy atom. The van der Waals surface area contributed by atoms with Gasteiger partial charge in [0.25, 0.3) is 0 Å². The van der Waals surface area contributed by atoms with Crippen molar-refractivity contribution in [3.63, 3.8) is 0 Å². The fourth-order valence-electron chi connectivity index (χ4n) is 4.66. The molecule has 0 aromatic heterocycles. The fraction of sp³-hybridized carbons (Fsp3) is 0.111. The molecule has 0 radical (unpaired) electrons. The quantitative estimate of drug-likeness (QED) is 0.483. The summed E-state index contributed by atoms with van der Waals surface area (Å²) in [6, 6.07) is 31.2. The van der Waals surface area contributed by atoms with Crippen LogP contribution in [0.3, 0.4) is 0 Å². The Bertz CT molecular complexity index is 1260. The SMILES string of the molecule is CC1(C)c2ccccc2-c2cc(-c3cccc(-c4cccc(B(O)O)c4)c3)ccc21. The predicted molar refractivity (Wildman–Crippen MR) is 125 cm³/mol. The van der Waals surface area contributed by atoms with E-state index in [2.05, 4.69) is 80.6 Å². The van der Waals surface area contributed by atoms with Gasteiger partial charge in [0.15, 0.2) is 0 Å². The molecule has 1 aliphatic rings. The van der Waals surface area contributed by atoms with Crippen LogP contribution in [0.1, 0.15) is 25.0 Å². The Kier molecular flexibility index (Phi) is 4.39. The highest BCUT2D eigenvalue weighted by molar-refractivity contribution is 6.58. The molecule has 0 atom stereocenters. The van der Waals surface area contributed by atoms with Crippen LogP contribution in [0.5, 0.6) is 0 Å². The van der Waals surface area contributed by atoms with E-state index in [0.717, 1.165) is 16.7 Å². The number of benzene rings is 4. The molecule has 0 amide bonds. The highest BCUT2D eigenvalue weighted by Crippen LogP contribution is 2.49. The summed E-state index contributed by atoms with van der Waals surface area (Å²) in [5, 5.41) is 19.0. The minimum absolute atomic E-state index is 0.0118. The van der Waals surface area contributed by atoms with Gasteiger partial charge in [-0.2, -0.15) is 0 Å². The molecule has 0 spiro atoms. The van der Waals surface area contributed by atoms with Gasteiger partial charge >= 0.3 is 7.12 Å². The third-order valence-electron chi connectivity index (χ3n) is 6.30. The van der Waals surface area contributed by atoms with Crippen LogP contribution < -0.4 is 5.46 Å². The summed E-state index contributed by atoms with van der Waals surface area (Å²) in [5.41, 5.74) is 10.2. The highest BCUT2D eigenvalue weighted by atomic mass is 16.4. The minimum Gasteiger partial charge on any atom is -0.423 e. The Labute approximate surface area is 177 Å². The van der Waals surface area contributed by atoms with Gasteiger partial charge < -0.3 is 10.0 Å². The number of fused-ring (bicyclic) bond motifs is 3. The first-order valence-corrected chi connectivity index (χ1v) is 10.3. The van der Waals surface area contributed by atoms with E-state index in [1.54, 1.807) is 6.07 Å². The molecule has 30 heavy (non-hydrogen) atoms. The van der Waals surface area contributed by atoms with Crippen molar-refractivity contribution >= 4 is 12.6 Å². The average molecular weight is 390 g/mol. The second-order valence-electron chi connectivity index (χ2n) is 8.51. The van der Waals surface area contributed by atoms with Crippen molar-refractivity contribution in [3.05, 3.63) is 102 Å². The summed E-state index contributed by atoms with van der Waals surface area (Å²) in [6.07, 6.45) is 0. The van der Waals surface area contributed by atoms with Crippen molar-refractivity contribution in [2.45, 2.75) is 19.3 Å². The molecule has 4 aromatic rings. The summed E-state index contributed by atoms with van der Waals surface area (Å²) >= 11 is 0. The number of hydrogen-bond donors (Lipinski definition) is 2. The molecule has 3 heteroatoms. The molecule has 2 N–H and O–H groups in total. The fourth-order valence-corrected chi connectivity index (χ4v) is 4.66. The van der Waals surface area contributed by atoms with E-state index in [1.807, 2.05) is 18.2 Å². The van der Waals surface area contributed by atoms with E-state index < -0.39 is 7.12 Å². The van der Waals surface area contributed by atoms with Crippen molar-refractivity contribution in [2.75, 3.05) is 0 Å². The highest BCUT2D eigenvalue weighted by Gasteiger charge is 2.35. The molecular weight excluding hydrogens is 367 g/mol. The Balaban J connectivity index is 1.59. The molecule has 5 rings (SSSR count). The van der Waals surface area contributed by atoms with Gasteiger partial charge in [-0.25, -0.2) is 0 Å². The lowest BCUT2D eigenvalue weighted by molar-refractivity contribution is 0.426. The molecule has 0 saturated carbocycles. The predicted octanol–water partition coefficient (Wildman–Crippen LogP) is 5.01. The van der Waals surface area contributed by atoms with Crippen molar-refractivity contribution in [1.29, 1.82) is 0 Å². The molecule has 0 aliphatic heterocycles. The Morgan fingerprint density at radius 3 is 1.90 bits per heavy atom. The first-order valence-electron chi connectivity index (χ1n) is 10.3. The monoisotopic (exact) mass is 390 g/mol. The van der Waals surface area contributed by atoms with Gasteiger partial charge in [-0.3, -0.25) is 0 Å². The maximum atomic E-state index is 9.50. The van der Waals surface area contributed by atoms with E-state index in [1.165, 1.54) is 27.8 Å². The van der Waals surface area contributed by atoms with Crippen molar-refractivity contribution < 1.29 is 10.0 Å². The van der Waals surface area contributed by atoms with Gasteiger partial charge in [0.05, 0.1) is 0 Å². The summed E-state index contributed by atoms with van der Waals surface area (Å²) in [4.78, 5) is 0. The molecular formula is C27H23BO2. The zero-order chi connectivity index (χ0) is 20.9. The van der Waals surface area contributed by atoms with Crippen LogP contribution in [0.4, 0.5) is 0 Å². The molecule has 1 aliphatic carbocycles. The van der Waals surface area contributed by atoms with Gasteiger partial charge in [0.1, 0.15) is 0 Å². The lowest BCUT2D eigenvalue weighted by Crippen LogP contribution is -2.29. The molecule has 2 nitrogen and oxygen atoms in total. The van der Waals surface area contributed by atoms with Gasteiger partial charge in [-0.15, -0.1) is 0 Å². The summed E-state index contributed by atoms with van der Waals surface area (Å²) < 4.78 is 0. The smallest absolute Gasteiger partial charge is 0.423 e. The van der Waals surface area contributed by atoms with Crippen LogP contribution in [0.2, 0.25) is 0 Å². The molecule has 0 unspecified atom stereocenters. The van der Waals surface area contributed by atoms with Crippen molar-refractivity contribution in [3.8, 4) is 33.4 Å². The zero-order valence-electron chi connectivity index (χ0n) is 17.1. The van der Waals surface area contributed by atoms with Gasteiger partial charge in [0.2, 0.25) is 0 Å². The first-order chi connectivity index (χ1) is 14.4. The second-order valence-corrected chi connectivity index (χ2v) is 8.51. The van der Waals surface area contributed by atoms with Crippen LogP contribution in [-0.2, 0) is 5.41 Å². The molecule has 0 bridgehead atoms. The van der Waals surface area contributed by atoms with Crippen LogP contribution in [0.15, 0.2) is 91.0 Å². The third kappa shape index (κ3) is 2.99. The zero-order valence-corrected chi connectivity index (χ0v) is 17.1. The van der Waals surface area contributed by atoms with E-state index in [0.29, 0.717) is 5.46 Å². The van der Waals surface area contributed by atoms with Crippen LogP contribution >= 0.6 is 0 Å². The maximum absolute atomic E-state index is 9.50. The molecule has 146 valence electrons. The maximum Gasteiger partial charge on any atom is 0.488 e. The molecule has 0 fully saturated rings. The summed E-state index contributed by atoms with van der Waals surface area (Å²) in [6.45, 7) is 4.58. The molecule has 4 aromatic carbocycles. The lowest BCUT2D eigenvalue weighted by atomic mass is 9.79. The van der Waals surface area contributed by atoms with E-state index in [4.69, 9.17) is 0 Å². The average Bonchev–Trinajstić information content (AvgIpc) is 3.01.